The van der Waals surface area contributed by atoms with Crippen LogP contribution in [0.4, 0.5) is 5.82 Å². The molecule has 9 nitrogen and oxygen atoms in total. The van der Waals surface area contributed by atoms with Crippen LogP contribution in [-0.4, -0.2) is 50.9 Å². The molecule has 11 heteroatoms. The van der Waals surface area contributed by atoms with Crippen LogP contribution in [0.2, 0.25) is 36.3 Å². The zero-order valence-electron chi connectivity index (χ0n) is 23.1. The van der Waals surface area contributed by atoms with E-state index in [-0.39, 0.29) is 28.4 Å². The number of hydrogen-bond acceptors (Lipinski definition) is 7. The second-order valence-electron chi connectivity index (χ2n) is 12.3. The van der Waals surface area contributed by atoms with Gasteiger partial charge in [-0.15, -0.1) is 0 Å². The van der Waals surface area contributed by atoms with E-state index >= 15 is 0 Å². The van der Waals surface area contributed by atoms with Crippen molar-refractivity contribution in [1.29, 1.82) is 5.26 Å². The summed E-state index contributed by atoms with van der Waals surface area (Å²) in [6.45, 7) is 23.0. The first-order valence-electron chi connectivity index (χ1n) is 12.0. The molecule has 0 aromatic carbocycles. The minimum Gasteiger partial charge on any atom is -0.414 e. The molecule has 1 aromatic rings. The average Bonchev–Trinajstić information content (AvgIpc) is 3.00. The summed E-state index contributed by atoms with van der Waals surface area (Å²) < 4.78 is 20.8. The third kappa shape index (κ3) is 6.68. The van der Waals surface area contributed by atoms with E-state index in [1.54, 1.807) is 0 Å². The van der Waals surface area contributed by atoms with Gasteiger partial charge in [0.1, 0.15) is 23.9 Å². The Morgan fingerprint density at radius 2 is 1.74 bits per heavy atom. The first-order valence-corrected chi connectivity index (χ1v) is 17.9. The minimum absolute atomic E-state index is 0.00455. The van der Waals surface area contributed by atoms with Crippen molar-refractivity contribution in [2.24, 2.45) is 5.92 Å². The third-order valence-electron chi connectivity index (χ3n) is 7.56. The van der Waals surface area contributed by atoms with Gasteiger partial charge in [-0.2, -0.15) is 10.2 Å². The summed E-state index contributed by atoms with van der Waals surface area (Å²) >= 11 is 0. The number of hydrogen-bond donors (Lipinski definition) is 1. The molecule has 0 saturated carbocycles. The summed E-state index contributed by atoms with van der Waals surface area (Å²) in [5.74, 6) is -0.785. The van der Waals surface area contributed by atoms with Crippen LogP contribution in [0.25, 0.3) is 0 Å². The number of nitrogens with one attached hydrogen (secondary N) is 1. The van der Waals surface area contributed by atoms with Crippen LogP contribution in [0.15, 0.2) is 17.1 Å². The van der Waals surface area contributed by atoms with Gasteiger partial charge in [-0.1, -0.05) is 41.5 Å². The van der Waals surface area contributed by atoms with Gasteiger partial charge in [0.2, 0.25) is 5.91 Å². The summed E-state index contributed by atoms with van der Waals surface area (Å²) in [6.07, 6.45) is -0.539. The maximum atomic E-state index is 12.9. The Hall–Kier alpha value is -1.85. The number of nitriles is 1. The molecule has 2 rings (SSSR count). The van der Waals surface area contributed by atoms with Crippen LogP contribution in [0, 0.1) is 17.2 Å². The van der Waals surface area contributed by atoms with E-state index in [2.05, 4.69) is 84.1 Å². The molecule has 1 aliphatic heterocycles. The molecule has 0 radical (unpaired) electrons. The molecule has 4 unspecified atom stereocenters. The van der Waals surface area contributed by atoms with E-state index < -0.39 is 46.7 Å². The lowest BCUT2D eigenvalue weighted by atomic mass is 10.0. The smallest absolute Gasteiger partial charge is 0.351 e. The van der Waals surface area contributed by atoms with Gasteiger partial charge in [-0.25, -0.2) is 4.79 Å². The third-order valence-corrected chi connectivity index (χ3v) is 16.5. The molecular weight excluding hydrogens is 480 g/mol. The number of anilines is 1. The Morgan fingerprint density at radius 1 is 1.17 bits per heavy atom. The maximum absolute atomic E-state index is 12.9. The van der Waals surface area contributed by atoms with Crippen molar-refractivity contribution in [3.8, 4) is 6.07 Å². The van der Waals surface area contributed by atoms with Crippen LogP contribution in [0.1, 0.15) is 54.7 Å². The fourth-order valence-corrected chi connectivity index (χ4v) is 5.58. The molecule has 1 amide bonds. The maximum Gasteiger partial charge on any atom is 0.351 e. The number of nitrogens with zero attached hydrogens (tertiary/aromatic N) is 3. The highest BCUT2D eigenvalue weighted by Crippen LogP contribution is 2.44. The van der Waals surface area contributed by atoms with Gasteiger partial charge >= 0.3 is 5.69 Å². The SMILES string of the molecule is CC(=O)Nc1ccn(C2OC(CO[Si](C)(C)C(C)(C)C)C(C#N)C2O[Si](C)(C)C(C)(C)C)c(=O)n1. The first kappa shape index (κ1) is 29.4. The van der Waals surface area contributed by atoms with Crippen LogP contribution < -0.4 is 11.0 Å². The molecule has 0 aliphatic carbocycles. The molecule has 35 heavy (non-hydrogen) atoms. The Bertz CT molecular complexity index is 1020. The summed E-state index contributed by atoms with van der Waals surface area (Å²) in [6, 6.07) is 3.92. The molecule has 0 bridgehead atoms. The van der Waals surface area contributed by atoms with Crippen LogP contribution >= 0.6 is 0 Å². The summed E-state index contributed by atoms with van der Waals surface area (Å²) in [7, 11) is -4.42. The molecule has 4 atom stereocenters. The molecule has 1 fully saturated rings. The number of carbonyl (C=O) groups excluding carboxylic acids is 1. The van der Waals surface area contributed by atoms with Crippen molar-refractivity contribution in [1.82, 2.24) is 9.55 Å². The highest BCUT2D eigenvalue weighted by molar-refractivity contribution is 6.74. The minimum atomic E-state index is -2.33. The predicted octanol–water partition coefficient (Wildman–Crippen LogP) is 4.65. The number of ether oxygens (including phenoxy) is 1. The van der Waals surface area contributed by atoms with Crippen LogP contribution in [-0.2, 0) is 18.4 Å². The number of aromatic nitrogens is 2. The molecule has 1 aromatic heterocycles. The predicted molar refractivity (Wildman–Crippen MR) is 141 cm³/mol. The molecule has 1 aliphatic rings. The topological polar surface area (TPSA) is 115 Å². The summed E-state index contributed by atoms with van der Waals surface area (Å²) in [5.41, 5.74) is -0.590. The Labute approximate surface area is 211 Å². The van der Waals surface area contributed by atoms with E-state index in [1.165, 1.54) is 23.8 Å². The Balaban J connectivity index is 2.46. The van der Waals surface area contributed by atoms with Crippen molar-refractivity contribution in [2.75, 3.05) is 11.9 Å². The van der Waals surface area contributed by atoms with Gasteiger partial charge in [0, 0.05) is 13.1 Å². The van der Waals surface area contributed by atoms with Crippen molar-refractivity contribution in [2.45, 2.75) is 103 Å². The highest BCUT2D eigenvalue weighted by Gasteiger charge is 2.52. The second kappa shape index (κ2) is 10.3. The highest BCUT2D eigenvalue weighted by atomic mass is 28.4. The van der Waals surface area contributed by atoms with E-state index in [4.69, 9.17) is 13.6 Å². The number of amides is 1. The fourth-order valence-electron chi connectivity index (χ4n) is 3.27. The molecule has 1 saturated heterocycles. The Morgan fingerprint density at radius 3 is 2.20 bits per heavy atom. The number of rotatable bonds is 7. The van der Waals surface area contributed by atoms with Gasteiger partial charge < -0.3 is 18.9 Å². The van der Waals surface area contributed by atoms with Gasteiger partial charge in [0.15, 0.2) is 22.9 Å². The summed E-state index contributed by atoms with van der Waals surface area (Å²) in [5, 5.41) is 12.6. The van der Waals surface area contributed by atoms with Crippen molar-refractivity contribution in [3.05, 3.63) is 22.7 Å². The molecule has 2 heterocycles. The number of carbonyl (C=O) groups is 1. The van der Waals surface area contributed by atoms with Crippen LogP contribution in [0.3, 0.4) is 0 Å². The van der Waals surface area contributed by atoms with E-state index in [1.807, 2.05) is 0 Å². The standard InChI is InChI=1S/C24H42N4O5Si2/c1-16(29)26-19-12-13-28(22(30)27-19)21-20(33-35(10,11)24(5,6)7)17(14-25)18(32-21)15-31-34(8,9)23(2,3)4/h12-13,17-18,20-21H,15H2,1-11H3,(H,26,27,29,30). The van der Waals surface area contributed by atoms with Crippen LogP contribution in [0.5, 0.6) is 0 Å². The zero-order valence-corrected chi connectivity index (χ0v) is 25.1. The average molecular weight is 523 g/mol. The first-order chi connectivity index (χ1) is 15.8. The van der Waals surface area contributed by atoms with Crippen molar-refractivity contribution in [3.63, 3.8) is 0 Å². The lowest BCUT2D eigenvalue weighted by Gasteiger charge is -2.40. The largest absolute Gasteiger partial charge is 0.414 e. The lowest BCUT2D eigenvalue weighted by Crippen LogP contribution is -2.48. The van der Waals surface area contributed by atoms with Gasteiger partial charge in [0.05, 0.1) is 12.7 Å². The van der Waals surface area contributed by atoms with Crippen molar-refractivity contribution < 1.29 is 18.4 Å². The quantitative estimate of drug-likeness (QED) is 0.518. The molecule has 1 N–H and O–H groups in total. The zero-order chi connectivity index (χ0) is 27.0. The molecule has 0 spiro atoms. The molecular formula is C24H42N4O5Si2. The van der Waals surface area contributed by atoms with Gasteiger partial charge in [-0.05, 0) is 42.3 Å². The van der Waals surface area contributed by atoms with Crippen molar-refractivity contribution >= 4 is 28.4 Å². The van der Waals surface area contributed by atoms with Gasteiger partial charge in [-0.3, -0.25) is 9.36 Å². The van der Waals surface area contributed by atoms with E-state index in [0.29, 0.717) is 0 Å². The van der Waals surface area contributed by atoms with Gasteiger partial charge in [0.25, 0.3) is 0 Å². The summed E-state index contributed by atoms with van der Waals surface area (Å²) in [4.78, 5) is 28.3. The second-order valence-corrected chi connectivity index (χ2v) is 21.9. The van der Waals surface area contributed by atoms with E-state index in [9.17, 15) is 14.9 Å². The Kier molecular flexibility index (Phi) is 8.61. The monoisotopic (exact) mass is 522 g/mol. The fraction of sp³-hybridized carbons (Fsp3) is 0.750. The van der Waals surface area contributed by atoms with E-state index in [0.717, 1.165) is 0 Å². The lowest BCUT2D eigenvalue weighted by molar-refractivity contribution is -0.114. The molecule has 196 valence electrons. The normalized spacial score (nSPS) is 23.7.